The molecule has 0 aliphatic carbocycles. The van der Waals surface area contributed by atoms with Crippen molar-refractivity contribution in [3.05, 3.63) is 28.2 Å². The second-order valence-corrected chi connectivity index (χ2v) is 8.23. The minimum Gasteiger partial charge on any atom is -0.316 e. The predicted octanol–water partition coefficient (Wildman–Crippen LogP) is 1.60. The van der Waals surface area contributed by atoms with Crippen LogP contribution in [0.4, 0.5) is 0 Å². The summed E-state index contributed by atoms with van der Waals surface area (Å²) in [6.07, 6.45) is 0. The van der Waals surface area contributed by atoms with Gasteiger partial charge < -0.3 is 5.32 Å². The van der Waals surface area contributed by atoms with Crippen molar-refractivity contribution in [1.82, 2.24) is 9.62 Å². The maximum atomic E-state index is 12.7. The third kappa shape index (κ3) is 2.35. The van der Waals surface area contributed by atoms with Crippen molar-refractivity contribution >= 4 is 26.0 Å². The van der Waals surface area contributed by atoms with Crippen LogP contribution in [0.2, 0.25) is 0 Å². The lowest BCUT2D eigenvalue weighted by Crippen LogP contribution is -2.32. The standard InChI is InChI=1S/C13H17BrN2O2S/c1-9-4-12(14)2-3-13(9)19(17,18)16-7-10-5-15-6-11(10)8-16/h2-4,10-11,15H,5-8H2,1H3/t10-,11+. The van der Waals surface area contributed by atoms with Crippen LogP contribution in [0.1, 0.15) is 5.56 Å². The number of nitrogens with one attached hydrogen (secondary N) is 1. The van der Waals surface area contributed by atoms with E-state index in [-0.39, 0.29) is 0 Å². The zero-order valence-corrected chi connectivity index (χ0v) is 13.2. The summed E-state index contributed by atoms with van der Waals surface area (Å²) in [5.74, 6) is 0.955. The van der Waals surface area contributed by atoms with Crippen molar-refractivity contribution in [3.63, 3.8) is 0 Å². The predicted molar refractivity (Wildman–Crippen MR) is 77.5 cm³/mol. The fourth-order valence-corrected chi connectivity index (χ4v) is 5.28. The molecule has 2 atom stereocenters. The number of hydrogen-bond donors (Lipinski definition) is 1. The minimum atomic E-state index is -3.34. The van der Waals surface area contributed by atoms with Crippen molar-refractivity contribution in [2.75, 3.05) is 26.2 Å². The molecular weight excluding hydrogens is 328 g/mol. The van der Waals surface area contributed by atoms with E-state index in [1.54, 1.807) is 16.4 Å². The van der Waals surface area contributed by atoms with E-state index >= 15 is 0 Å². The van der Waals surface area contributed by atoms with Crippen LogP contribution in [0, 0.1) is 18.8 Å². The van der Waals surface area contributed by atoms with E-state index in [0.717, 1.165) is 23.1 Å². The third-order valence-electron chi connectivity index (χ3n) is 4.11. The smallest absolute Gasteiger partial charge is 0.243 e. The molecule has 2 aliphatic rings. The zero-order valence-electron chi connectivity index (χ0n) is 10.8. The van der Waals surface area contributed by atoms with Crippen LogP contribution in [-0.2, 0) is 10.0 Å². The monoisotopic (exact) mass is 344 g/mol. The van der Waals surface area contributed by atoms with Gasteiger partial charge in [0.05, 0.1) is 4.90 Å². The SMILES string of the molecule is Cc1cc(Br)ccc1S(=O)(=O)N1C[C@H]2CNC[C@H]2C1. The molecule has 2 aliphatic heterocycles. The van der Waals surface area contributed by atoms with Gasteiger partial charge in [-0.05, 0) is 55.6 Å². The zero-order chi connectivity index (χ0) is 13.6. The van der Waals surface area contributed by atoms with Gasteiger partial charge in [0.1, 0.15) is 0 Å². The number of rotatable bonds is 2. The van der Waals surface area contributed by atoms with Crippen molar-refractivity contribution in [2.45, 2.75) is 11.8 Å². The van der Waals surface area contributed by atoms with Gasteiger partial charge >= 0.3 is 0 Å². The molecule has 0 aromatic heterocycles. The molecule has 0 unspecified atom stereocenters. The molecule has 2 saturated heterocycles. The summed E-state index contributed by atoms with van der Waals surface area (Å²) in [4.78, 5) is 0.434. The van der Waals surface area contributed by atoms with E-state index in [1.807, 2.05) is 13.0 Å². The molecule has 0 amide bonds. The van der Waals surface area contributed by atoms with Gasteiger partial charge in [0.2, 0.25) is 10.0 Å². The molecule has 1 aromatic carbocycles. The first kappa shape index (κ1) is 13.5. The van der Waals surface area contributed by atoms with Crippen molar-refractivity contribution in [1.29, 1.82) is 0 Å². The molecular formula is C13H17BrN2O2S. The molecule has 1 aromatic rings. The molecule has 0 radical (unpaired) electrons. The molecule has 2 heterocycles. The van der Waals surface area contributed by atoms with E-state index in [0.29, 0.717) is 29.8 Å². The first-order valence-electron chi connectivity index (χ1n) is 6.45. The Bertz CT molecular complexity index is 591. The molecule has 0 bridgehead atoms. The lowest BCUT2D eigenvalue weighted by atomic mass is 10.0. The lowest BCUT2D eigenvalue weighted by molar-refractivity contribution is 0.447. The Kier molecular flexibility index (Phi) is 3.45. The summed E-state index contributed by atoms with van der Waals surface area (Å²) in [5, 5.41) is 3.33. The van der Waals surface area contributed by atoms with Gasteiger partial charge in [-0.3, -0.25) is 0 Å². The Morgan fingerprint density at radius 2 is 1.89 bits per heavy atom. The summed E-state index contributed by atoms with van der Waals surface area (Å²) in [6, 6.07) is 5.34. The summed E-state index contributed by atoms with van der Waals surface area (Å²) in [5.41, 5.74) is 0.796. The highest BCUT2D eigenvalue weighted by Crippen LogP contribution is 2.32. The highest BCUT2D eigenvalue weighted by atomic mass is 79.9. The molecule has 19 heavy (non-hydrogen) atoms. The first-order valence-corrected chi connectivity index (χ1v) is 8.69. The van der Waals surface area contributed by atoms with Gasteiger partial charge in [0, 0.05) is 17.6 Å². The number of fused-ring (bicyclic) bond motifs is 1. The minimum absolute atomic E-state index is 0.434. The molecule has 0 spiro atoms. The molecule has 104 valence electrons. The number of benzene rings is 1. The van der Waals surface area contributed by atoms with Crippen LogP contribution >= 0.6 is 15.9 Å². The van der Waals surface area contributed by atoms with Crippen LogP contribution < -0.4 is 5.32 Å². The van der Waals surface area contributed by atoms with Gasteiger partial charge in [-0.15, -0.1) is 0 Å². The largest absolute Gasteiger partial charge is 0.316 e. The molecule has 2 fully saturated rings. The van der Waals surface area contributed by atoms with Gasteiger partial charge in [0.15, 0.2) is 0 Å². The van der Waals surface area contributed by atoms with Crippen molar-refractivity contribution in [3.8, 4) is 0 Å². The topological polar surface area (TPSA) is 49.4 Å². The van der Waals surface area contributed by atoms with Crippen LogP contribution in [-0.4, -0.2) is 38.9 Å². The highest BCUT2D eigenvalue weighted by molar-refractivity contribution is 9.10. The van der Waals surface area contributed by atoms with Crippen LogP contribution in [0.25, 0.3) is 0 Å². The molecule has 0 saturated carbocycles. The second kappa shape index (κ2) is 4.84. The maximum absolute atomic E-state index is 12.7. The number of sulfonamides is 1. The second-order valence-electron chi connectivity index (χ2n) is 5.41. The number of nitrogens with zero attached hydrogens (tertiary/aromatic N) is 1. The highest BCUT2D eigenvalue weighted by Gasteiger charge is 2.41. The average molecular weight is 345 g/mol. The Hall–Kier alpha value is -0.430. The number of aryl methyl sites for hydroxylation is 1. The van der Waals surface area contributed by atoms with Gasteiger partial charge in [-0.2, -0.15) is 4.31 Å². The van der Waals surface area contributed by atoms with Gasteiger partial charge in [-0.25, -0.2) is 8.42 Å². The molecule has 6 heteroatoms. The fraction of sp³-hybridized carbons (Fsp3) is 0.538. The molecule has 4 nitrogen and oxygen atoms in total. The van der Waals surface area contributed by atoms with Crippen molar-refractivity contribution in [2.24, 2.45) is 11.8 Å². The van der Waals surface area contributed by atoms with Crippen LogP contribution in [0.15, 0.2) is 27.6 Å². The lowest BCUT2D eigenvalue weighted by Gasteiger charge is -2.19. The molecule has 1 N–H and O–H groups in total. The maximum Gasteiger partial charge on any atom is 0.243 e. The number of hydrogen-bond acceptors (Lipinski definition) is 3. The fourth-order valence-electron chi connectivity index (χ4n) is 3.05. The Morgan fingerprint density at radius 1 is 1.26 bits per heavy atom. The summed E-state index contributed by atoms with van der Waals surface area (Å²) in [7, 11) is -3.34. The Balaban J connectivity index is 1.91. The van der Waals surface area contributed by atoms with E-state index in [4.69, 9.17) is 0 Å². The average Bonchev–Trinajstić information content (AvgIpc) is 2.87. The summed E-state index contributed by atoms with van der Waals surface area (Å²) in [6.45, 7) is 5.02. The van der Waals surface area contributed by atoms with E-state index in [1.165, 1.54) is 0 Å². The number of halogens is 1. The van der Waals surface area contributed by atoms with Gasteiger partial charge in [-0.1, -0.05) is 15.9 Å². The van der Waals surface area contributed by atoms with Gasteiger partial charge in [0.25, 0.3) is 0 Å². The van der Waals surface area contributed by atoms with Crippen molar-refractivity contribution < 1.29 is 8.42 Å². The Labute approximate surface area is 122 Å². The Morgan fingerprint density at radius 3 is 2.47 bits per heavy atom. The van der Waals surface area contributed by atoms with E-state index < -0.39 is 10.0 Å². The summed E-state index contributed by atoms with van der Waals surface area (Å²) < 4.78 is 27.9. The first-order chi connectivity index (χ1) is 8.98. The quantitative estimate of drug-likeness (QED) is 0.886. The normalized spacial score (nSPS) is 27.7. The molecule has 3 rings (SSSR count). The van der Waals surface area contributed by atoms with Crippen LogP contribution in [0.3, 0.4) is 0 Å². The third-order valence-corrected chi connectivity index (χ3v) is 6.60. The van der Waals surface area contributed by atoms with Crippen LogP contribution in [0.5, 0.6) is 0 Å². The summed E-state index contributed by atoms with van der Waals surface area (Å²) >= 11 is 3.37. The van der Waals surface area contributed by atoms with E-state index in [9.17, 15) is 8.42 Å². The van der Waals surface area contributed by atoms with E-state index in [2.05, 4.69) is 21.2 Å².